The Kier molecular flexibility index (Phi) is 8.26. The molecular weight excluding hydrogens is 468 g/mol. The highest BCUT2D eigenvalue weighted by Gasteiger charge is 2.29. The summed E-state index contributed by atoms with van der Waals surface area (Å²) in [5, 5.41) is 20.9. The summed E-state index contributed by atoms with van der Waals surface area (Å²) < 4.78 is 18.6. The molecule has 12 nitrogen and oxygen atoms in total. The maximum Gasteiger partial charge on any atom is 0.321 e. The number of amides is 3. The van der Waals surface area contributed by atoms with Crippen molar-refractivity contribution in [3.8, 4) is 11.5 Å². The van der Waals surface area contributed by atoms with Gasteiger partial charge < -0.3 is 34.4 Å². The fourth-order valence-electron chi connectivity index (χ4n) is 4.24. The maximum absolute atomic E-state index is 13.0. The van der Waals surface area contributed by atoms with Gasteiger partial charge in [0, 0.05) is 50.8 Å². The Morgan fingerprint density at radius 3 is 2.94 bits per heavy atom. The predicted octanol–water partition coefficient (Wildman–Crippen LogP) is 1.70. The SMILES string of the molecule is C[C@H]1CN([C@@H](C)CO)C(=O)CCCn2cc(nn2)CO[C@@H]1CN(C)C(=O)Nc1ccc2c(c1)OCO2. The molecule has 3 heterocycles. The molecule has 1 aromatic heterocycles. The van der Waals surface area contributed by atoms with E-state index in [4.69, 9.17) is 14.2 Å². The molecule has 12 heteroatoms. The number of carbonyl (C=O) groups is 2. The summed E-state index contributed by atoms with van der Waals surface area (Å²) in [6.45, 7) is 5.31. The molecule has 0 fully saturated rings. The lowest BCUT2D eigenvalue weighted by atomic mass is 10.0. The van der Waals surface area contributed by atoms with Gasteiger partial charge in [-0.2, -0.15) is 0 Å². The monoisotopic (exact) mass is 502 g/mol. The normalized spacial score (nSPS) is 21.2. The lowest BCUT2D eigenvalue weighted by Crippen LogP contribution is -2.48. The zero-order valence-corrected chi connectivity index (χ0v) is 20.9. The van der Waals surface area contributed by atoms with Crippen molar-refractivity contribution in [2.45, 2.75) is 52.0 Å². The van der Waals surface area contributed by atoms with Gasteiger partial charge in [-0.25, -0.2) is 4.79 Å². The molecule has 4 rings (SSSR count). The zero-order chi connectivity index (χ0) is 25.7. The van der Waals surface area contributed by atoms with Crippen molar-refractivity contribution >= 4 is 17.6 Å². The van der Waals surface area contributed by atoms with E-state index in [0.29, 0.717) is 48.8 Å². The highest BCUT2D eigenvalue weighted by atomic mass is 16.7. The van der Waals surface area contributed by atoms with E-state index in [1.165, 1.54) is 0 Å². The number of hydrogen-bond acceptors (Lipinski definition) is 8. The van der Waals surface area contributed by atoms with Crippen molar-refractivity contribution in [2.24, 2.45) is 5.92 Å². The molecule has 3 atom stereocenters. The number of aliphatic hydroxyl groups is 1. The molecule has 0 aliphatic carbocycles. The smallest absolute Gasteiger partial charge is 0.321 e. The van der Waals surface area contributed by atoms with Gasteiger partial charge in [-0.1, -0.05) is 12.1 Å². The minimum atomic E-state index is -0.399. The summed E-state index contributed by atoms with van der Waals surface area (Å²) >= 11 is 0. The molecule has 1 aromatic carbocycles. The minimum Gasteiger partial charge on any atom is -0.454 e. The average molecular weight is 503 g/mol. The third-order valence-electron chi connectivity index (χ3n) is 6.47. The van der Waals surface area contributed by atoms with Gasteiger partial charge in [0.15, 0.2) is 11.5 Å². The first-order chi connectivity index (χ1) is 17.3. The number of aliphatic hydroxyl groups excluding tert-OH is 1. The van der Waals surface area contributed by atoms with Gasteiger partial charge in [0.1, 0.15) is 5.69 Å². The van der Waals surface area contributed by atoms with Crippen molar-refractivity contribution in [3.05, 3.63) is 30.1 Å². The number of nitrogens with one attached hydrogen (secondary N) is 1. The Balaban J connectivity index is 1.47. The van der Waals surface area contributed by atoms with E-state index in [0.717, 1.165) is 0 Å². The number of aryl methyl sites for hydroxylation is 1. The van der Waals surface area contributed by atoms with Crippen molar-refractivity contribution in [1.82, 2.24) is 24.8 Å². The molecule has 2 aliphatic rings. The molecule has 0 unspecified atom stereocenters. The topological polar surface area (TPSA) is 131 Å². The van der Waals surface area contributed by atoms with Gasteiger partial charge in [0.2, 0.25) is 12.7 Å². The predicted molar refractivity (Wildman–Crippen MR) is 129 cm³/mol. The first-order valence-electron chi connectivity index (χ1n) is 12.2. The fourth-order valence-corrected chi connectivity index (χ4v) is 4.24. The van der Waals surface area contributed by atoms with Crippen LogP contribution >= 0.6 is 0 Å². The third-order valence-corrected chi connectivity index (χ3v) is 6.47. The number of rotatable bonds is 5. The summed E-state index contributed by atoms with van der Waals surface area (Å²) in [5.74, 6) is 1.06. The van der Waals surface area contributed by atoms with Crippen molar-refractivity contribution in [2.75, 3.05) is 38.9 Å². The number of anilines is 1. The molecule has 3 amide bonds. The van der Waals surface area contributed by atoms with Gasteiger partial charge >= 0.3 is 6.03 Å². The number of fused-ring (bicyclic) bond motifs is 3. The lowest BCUT2D eigenvalue weighted by molar-refractivity contribution is -0.136. The third kappa shape index (κ3) is 6.24. The molecule has 36 heavy (non-hydrogen) atoms. The number of nitrogens with zero attached hydrogens (tertiary/aromatic N) is 5. The van der Waals surface area contributed by atoms with Crippen LogP contribution in [0.25, 0.3) is 0 Å². The summed E-state index contributed by atoms with van der Waals surface area (Å²) in [4.78, 5) is 29.2. The molecule has 2 aromatic rings. The van der Waals surface area contributed by atoms with E-state index in [2.05, 4.69) is 15.6 Å². The summed E-state index contributed by atoms with van der Waals surface area (Å²) in [7, 11) is 1.69. The number of benzene rings is 1. The summed E-state index contributed by atoms with van der Waals surface area (Å²) in [6.07, 6.45) is 2.38. The van der Waals surface area contributed by atoms with Crippen LogP contribution in [0.15, 0.2) is 24.4 Å². The van der Waals surface area contributed by atoms with E-state index >= 15 is 0 Å². The molecule has 0 spiro atoms. The Hall–Kier alpha value is -3.38. The number of ether oxygens (including phenoxy) is 3. The number of urea groups is 1. The van der Waals surface area contributed by atoms with Gasteiger partial charge in [-0.05, 0) is 25.5 Å². The zero-order valence-electron chi connectivity index (χ0n) is 20.9. The number of aromatic nitrogens is 3. The van der Waals surface area contributed by atoms with Gasteiger partial charge in [-0.15, -0.1) is 5.10 Å². The van der Waals surface area contributed by atoms with E-state index < -0.39 is 6.10 Å². The van der Waals surface area contributed by atoms with Crippen LogP contribution in [0.1, 0.15) is 32.4 Å². The first kappa shape index (κ1) is 25.7. The Labute approximate surface area is 210 Å². The van der Waals surface area contributed by atoms with E-state index in [9.17, 15) is 14.7 Å². The quantitative estimate of drug-likeness (QED) is 0.632. The molecule has 2 N–H and O–H groups in total. The Morgan fingerprint density at radius 1 is 1.33 bits per heavy atom. The van der Waals surface area contributed by atoms with E-state index in [-0.39, 0.29) is 50.4 Å². The Morgan fingerprint density at radius 2 is 2.14 bits per heavy atom. The van der Waals surface area contributed by atoms with Crippen LogP contribution in [-0.2, 0) is 22.7 Å². The molecule has 2 aliphatic heterocycles. The van der Waals surface area contributed by atoms with Crippen LogP contribution in [0, 0.1) is 5.92 Å². The van der Waals surface area contributed by atoms with Crippen LogP contribution in [0.5, 0.6) is 11.5 Å². The van der Waals surface area contributed by atoms with Crippen LogP contribution in [-0.4, -0.2) is 87.5 Å². The molecule has 196 valence electrons. The highest BCUT2D eigenvalue weighted by molar-refractivity contribution is 5.89. The Bertz CT molecular complexity index is 1060. The van der Waals surface area contributed by atoms with Crippen molar-refractivity contribution < 1.29 is 28.9 Å². The second kappa shape index (κ2) is 11.6. The van der Waals surface area contributed by atoms with Gasteiger partial charge in [0.05, 0.1) is 31.6 Å². The van der Waals surface area contributed by atoms with Crippen molar-refractivity contribution in [3.63, 3.8) is 0 Å². The van der Waals surface area contributed by atoms with Crippen LogP contribution in [0.2, 0.25) is 0 Å². The molecular formula is C24H34N6O6. The van der Waals surface area contributed by atoms with E-state index in [1.54, 1.807) is 39.7 Å². The number of hydrogen-bond donors (Lipinski definition) is 2. The molecule has 0 saturated carbocycles. The highest BCUT2D eigenvalue weighted by Crippen LogP contribution is 2.34. The number of likely N-dealkylation sites (N-methyl/N-ethyl adjacent to an activating group) is 1. The minimum absolute atomic E-state index is 0.0318. The van der Waals surface area contributed by atoms with Crippen LogP contribution in [0.3, 0.4) is 0 Å². The number of carbonyl (C=O) groups excluding carboxylic acids is 2. The largest absolute Gasteiger partial charge is 0.454 e. The molecule has 0 radical (unpaired) electrons. The fraction of sp³-hybridized carbons (Fsp3) is 0.583. The van der Waals surface area contributed by atoms with Crippen LogP contribution < -0.4 is 14.8 Å². The van der Waals surface area contributed by atoms with Gasteiger partial charge in [0.25, 0.3) is 0 Å². The standard InChI is InChI=1S/C24H34N6O6/c1-16-10-30(17(2)13-31)23(32)5-4-8-29-11-19(26-27-29)14-34-22(16)12-28(3)24(33)25-18-6-7-20-21(9-18)36-15-35-20/h6-7,9,11,16-17,22,31H,4-5,8,10,12-15H2,1-3H3,(H,25,33)/t16-,17-,22+/m0/s1. The molecule has 0 saturated heterocycles. The lowest BCUT2D eigenvalue weighted by Gasteiger charge is -2.35. The van der Waals surface area contributed by atoms with E-state index in [1.807, 2.05) is 20.0 Å². The average Bonchev–Trinajstić information content (AvgIpc) is 3.52. The van der Waals surface area contributed by atoms with Gasteiger partial charge in [-0.3, -0.25) is 9.48 Å². The second-order valence-corrected chi connectivity index (χ2v) is 9.36. The first-order valence-corrected chi connectivity index (χ1v) is 12.2. The summed E-state index contributed by atoms with van der Waals surface area (Å²) in [6, 6.07) is 4.58. The second-order valence-electron chi connectivity index (χ2n) is 9.36. The van der Waals surface area contributed by atoms with Crippen LogP contribution in [0.4, 0.5) is 10.5 Å². The molecule has 2 bridgehead atoms. The maximum atomic E-state index is 13.0. The summed E-state index contributed by atoms with van der Waals surface area (Å²) in [5.41, 5.74) is 1.27. The van der Waals surface area contributed by atoms with Crippen molar-refractivity contribution in [1.29, 1.82) is 0 Å².